The molecule has 198 valence electrons. The Bertz CT molecular complexity index is 1030. The second-order valence-corrected chi connectivity index (χ2v) is 9.78. The van der Waals surface area contributed by atoms with Crippen LogP contribution in [0.3, 0.4) is 0 Å². The van der Waals surface area contributed by atoms with Crippen LogP contribution in [-0.2, 0) is 15.9 Å². The normalized spacial score (nSPS) is 25.1. The summed E-state index contributed by atoms with van der Waals surface area (Å²) in [6.45, 7) is 7.93. The highest BCUT2D eigenvalue weighted by Crippen LogP contribution is 2.33. The van der Waals surface area contributed by atoms with Crippen LogP contribution in [0, 0.1) is 5.92 Å². The van der Waals surface area contributed by atoms with E-state index in [9.17, 15) is 10.2 Å². The topological polar surface area (TPSA) is 111 Å². The molecule has 1 saturated heterocycles. The van der Waals surface area contributed by atoms with Crippen molar-refractivity contribution < 1.29 is 28.5 Å². The zero-order valence-electron chi connectivity index (χ0n) is 22.0. The van der Waals surface area contributed by atoms with E-state index < -0.39 is 18.0 Å². The summed E-state index contributed by atoms with van der Waals surface area (Å²) in [5.74, 6) is 0.0694. The van der Waals surface area contributed by atoms with Crippen LogP contribution in [0.5, 0.6) is 0 Å². The van der Waals surface area contributed by atoms with Crippen LogP contribution < -0.4 is 0 Å². The summed E-state index contributed by atoms with van der Waals surface area (Å²) in [6, 6.07) is 0. The number of nitrogens with zero attached hydrogens (tertiary/aromatic N) is 2. The van der Waals surface area contributed by atoms with Crippen molar-refractivity contribution in [1.29, 1.82) is 0 Å². The van der Waals surface area contributed by atoms with Crippen LogP contribution in [0.4, 0.5) is 0 Å². The molecule has 8 nitrogen and oxygen atoms in total. The molecule has 0 amide bonds. The highest BCUT2D eigenvalue weighted by molar-refractivity contribution is 5.44. The summed E-state index contributed by atoms with van der Waals surface area (Å²) >= 11 is 0. The highest BCUT2D eigenvalue weighted by Gasteiger charge is 2.37. The van der Waals surface area contributed by atoms with Crippen molar-refractivity contribution in [3.05, 3.63) is 60.1 Å². The molecular weight excluding hydrogens is 460 g/mol. The number of oxazole rings is 2. The molecule has 0 aromatic carbocycles. The van der Waals surface area contributed by atoms with E-state index in [4.69, 9.17) is 18.3 Å². The van der Waals surface area contributed by atoms with E-state index in [-0.39, 0.29) is 12.5 Å². The lowest BCUT2D eigenvalue weighted by atomic mass is 9.95. The molecule has 2 unspecified atom stereocenters. The number of aliphatic hydroxyl groups is 2. The molecule has 1 aliphatic heterocycles. The molecule has 5 atom stereocenters. The first-order valence-electron chi connectivity index (χ1n) is 12.7. The van der Waals surface area contributed by atoms with E-state index in [1.54, 1.807) is 20.3 Å². The van der Waals surface area contributed by atoms with Gasteiger partial charge in [-0.3, -0.25) is 0 Å². The number of ether oxygens (including phenoxy) is 2. The SMILES string of the molecule is C/C=C/C(C)/C=C(/C)C/C=C/CCc1nc(-c2nc(C(C[C@@H]3C[C@H](O)C[C@@](C)(O)O3)OC)co2)co1. The molecule has 36 heavy (non-hydrogen) atoms. The number of hydrogen-bond acceptors (Lipinski definition) is 8. The van der Waals surface area contributed by atoms with Gasteiger partial charge in [0.15, 0.2) is 17.4 Å². The van der Waals surface area contributed by atoms with Gasteiger partial charge in [-0.15, -0.1) is 0 Å². The number of aliphatic hydroxyl groups excluding tert-OH is 1. The smallest absolute Gasteiger partial charge is 0.248 e. The summed E-state index contributed by atoms with van der Waals surface area (Å²) in [5, 5.41) is 20.3. The molecule has 0 aliphatic carbocycles. The van der Waals surface area contributed by atoms with Gasteiger partial charge in [-0.05, 0) is 46.0 Å². The fourth-order valence-electron chi connectivity index (χ4n) is 4.55. The lowest BCUT2D eigenvalue weighted by molar-refractivity contribution is -0.265. The fraction of sp³-hybridized carbons (Fsp3) is 0.571. The van der Waals surface area contributed by atoms with Gasteiger partial charge in [-0.2, -0.15) is 0 Å². The number of aryl methyl sites for hydroxylation is 1. The van der Waals surface area contributed by atoms with Crippen LogP contribution in [0.1, 0.15) is 77.5 Å². The van der Waals surface area contributed by atoms with Gasteiger partial charge in [-0.25, -0.2) is 9.97 Å². The Morgan fingerprint density at radius 1 is 1.28 bits per heavy atom. The first kappa shape index (κ1) is 28.1. The monoisotopic (exact) mass is 500 g/mol. The maximum absolute atomic E-state index is 10.2. The van der Waals surface area contributed by atoms with E-state index in [1.165, 1.54) is 11.8 Å². The molecule has 2 aromatic rings. The van der Waals surface area contributed by atoms with Crippen LogP contribution in [0.2, 0.25) is 0 Å². The third-order valence-corrected chi connectivity index (χ3v) is 6.13. The minimum absolute atomic E-state index is 0.187. The molecule has 8 heteroatoms. The lowest BCUT2D eigenvalue weighted by Crippen LogP contribution is -2.44. The van der Waals surface area contributed by atoms with Crippen molar-refractivity contribution in [1.82, 2.24) is 9.97 Å². The molecule has 1 aliphatic rings. The van der Waals surface area contributed by atoms with E-state index >= 15 is 0 Å². The van der Waals surface area contributed by atoms with Crippen molar-refractivity contribution >= 4 is 0 Å². The van der Waals surface area contributed by atoms with Gasteiger partial charge in [0.05, 0.1) is 12.2 Å². The molecule has 3 rings (SSSR count). The van der Waals surface area contributed by atoms with Crippen molar-refractivity contribution in [2.45, 2.75) is 90.3 Å². The predicted molar refractivity (Wildman–Crippen MR) is 137 cm³/mol. The van der Waals surface area contributed by atoms with Crippen LogP contribution in [-0.4, -0.2) is 45.3 Å². The van der Waals surface area contributed by atoms with Crippen LogP contribution in [0.15, 0.2) is 57.3 Å². The van der Waals surface area contributed by atoms with Gasteiger partial charge in [0.1, 0.15) is 24.3 Å². The standard InChI is InChI=1S/C28H40N2O6/c1-6-10-19(2)13-20(3)11-8-7-9-12-26-29-24(18-34-26)27-30-23(17-35-27)25(33-5)15-22-14-21(31)16-28(4,32)36-22/h6-8,10,13,17-19,21-22,25,31-32H,9,11-12,14-16H2,1-5H3/b8-7+,10-6+,20-13-/t19?,21-,22-,25?,28-/m0/s1. The largest absolute Gasteiger partial charge is 0.448 e. The maximum atomic E-state index is 10.2. The first-order chi connectivity index (χ1) is 17.2. The van der Waals surface area contributed by atoms with Gasteiger partial charge in [0, 0.05) is 26.4 Å². The molecular formula is C28H40N2O6. The van der Waals surface area contributed by atoms with Crippen molar-refractivity contribution in [2.75, 3.05) is 7.11 Å². The van der Waals surface area contributed by atoms with Crippen molar-refractivity contribution in [3.8, 4) is 11.6 Å². The maximum Gasteiger partial charge on any atom is 0.248 e. The number of hydrogen-bond donors (Lipinski definition) is 2. The molecule has 0 saturated carbocycles. The van der Waals surface area contributed by atoms with Gasteiger partial charge >= 0.3 is 0 Å². The Morgan fingerprint density at radius 2 is 2.08 bits per heavy atom. The van der Waals surface area contributed by atoms with Crippen molar-refractivity contribution in [2.24, 2.45) is 5.92 Å². The Morgan fingerprint density at radius 3 is 2.81 bits per heavy atom. The number of methoxy groups -OCH3 is 1. The Balaban J connectivity index is 1.52. The average Bonchev–Trinajstić information content (AvgIpc) is 3.46. The van der Waals surface area contributed by atoms with E-state index in [0.717, 1.165) is 12.8 Å². The van der Waals surface area contributed by atoms with Gasteiger partial charge in [-0.1, -0.05) is 42.9 Å². The molecule has 0 spiro atoms. The molecule has 2 N–H and O–H groups in total. The summed E-state index contributed by atoms with van der Waals surface area (Å²) < 4.78 is 22.6. The second-order valence-electron chi connectivity index (χ2n) is 9.78. The van der Waals surface area contributed by atoms with E-state index in [0.29, 0.717) is 48.3 Å². The third-order valence-electron chi connectivity index (χ3n) is 6.13. The molecule has 0 bridgehead atoms. The van der Waals surface area contributed by atoms with E-state index in [2.05, 4.69) is 54.2 Å². The second kappa shape index (κ2) is 13.1. The average molecular weight is 501 g/mol. The fourth-order valence-corrected chi connectivity index (χ4v) is 4.55. The quantitative estimate of drug-likeness (QED) is 0.357. The van der Waals surface area contributed by atoms with Gasteiger partial charge in [0.2, 0.25) is 5.89 Å². The Kier molecular flexibility index (Phi) is 10.2. The summed E-state index contributed by atoms with van der Waals surface area (Å²) in [6.07, 6.45) is 16.0. The number of aromatic nitrogens is 2. The molecule has 2 aromatic heterocycles. The zero-order chi connectivity index (χ0) is 26.1. The Hall–Kier alpha value is -2.52. The van der Waals surface area contributed by atoms with Crippen LogP contribution >= 0.6 is 0 Å². The zero-order valence-corrected chi connectivity index (χ0v) is 22.0. The first-order valence-corrected chi connectivity index (χ1v) is 12.7. The summed E-state index contributed by atoms with van der Waals surface area (Å²) in [5.41, 5.74) is 2.47. The summed E-state index contributed by atoms with van der Waals surface area (Å²) in [7, 11) is 1.58. The predicted octanol–water partition coefficient (Wildman–Crippen LogP) is 5.69. The minimum atomic E-state index is -1.36. The number of allylic oxidation sites excluding steroid dienone is 6. The third kappa shape index (κ3) is 8.55. The van der Waals surface area contributed by atoms with Crippen LogP contribution in [0.25, 0.3) is 11.6 Å². The molecule has 1 fully saturated rings. The molecule has 3 heterocycles. The van der Waals surface area contributed by atoms with E-state index in [1.807, 2.05) is 6.92 Å². The minimum Gasteiger partial charge on any atom is -0.448 e. The van der Waals surface area contributed by atoms with Gasteiger partial charge < -0.3 is 28.5 Å². The molecule has 0 radical (unpaired) electrons. The van der Waals surface area contributed by atoms with Gasteiger partial charge in [0.25, 0.3) is 0 Å². The Labute approximate surface area is 213 Å². The highest BCUT2D eigenvalue weighted by atomic mass is 16.6. The summed E-state index contributed by atoms with van der Waals surface area (Å²) in [4.78, 5) is 9.04. The number of rotatable bonds is 12. The van der Waals surface area contributed by atoms with Crippen molar-refractivity contribution in [3.63, 3.8) is 0 Å². The lowest BCUT2D eigenvalue weighted by Gasteiger charge is -2.38.